The molecule has 0 aliphatic carbocycles. The molecule has 4 aromatic rings. The summed E-state index contributed by atoms with van der Waals surface area (Å²) in [5.74, 6) is 0.390. The van der Waals surface area contributed by atoms with E-state index < -0.39 is 10.0 Å². The van der Waals surface area contributed by atoms with Crippen LogP contribution >= 0.6 is 0 Å². The highest BCUT2D eigenvalue weighted by molar-refractivity contribution is 7.92. The van der Waals surface area contributed by atoms with Crippen LogP contribution in [0.4, 0.5) is 11.6 Å². The summed E-state index contributed by atoms with van der Waals surface area (Å²) in [5, 5.41) is 2.77. The molecule has 1 amide bonds. The molecule has 0 unspecified atom stereocenters. The molecule has 172 valence electrons. The second-order valence-corrected chi connectivity index (χ2v) is 8.91. The minimum absolute atomic E-state index is 0.0217. The third-order valence-electron chi connectivity index (χ3n) is 4.63. The van der Waals surface area contributed by atoms with Crippen molar-refractivity contribution in [2.45, 2.75) is 17.9 Å². The van der Waals surface area contributed by atoms with Crippen molar-refractivity contribution in [2.75, 3.05) is 10.0 Å². The molecule has 2 aromatic heterocycles. The lowest BCUT2D eigenvalue weighted by molar-refractivity contribution is -0.115. The van der Waals surface area contributed by atoms with Gasteiger partial charge in [0.25, 0.3) is 10.0 Å². The molecule has 0 aliphatic rings. The van der Waals surface area contributed by atoms with E-state index in [-0.39, 0.29) is 23.2 Å². The maximum atomic E-state index is 12.5. The number of carbonyl (C=O) groups is 1. The van der Waals surface area contributed by atoms with Gasteiger partial charge in [0.2, 0.25) is 11.9 Å². The Morgan fingerprint density at radius 2 is 1.65 bits per heavy atom. The number of hydrogen-bond donors (Lipinski definition) is 2. The lowest BCUT2D eigenvalue weighted by Gasteiger charge is -2.10. The quantitative estimate of drug-likeness (QED) is 0.380. The van der Waals surface area contributed by atoms with Crippen LogP contribution in [0.2, 0.25) is 0 Å². The number of benzene rings is 2. The largest absolute Gasteiger partial charge is 0.489 e. The van der Waals surface area contributed by atoms with Gasteiger partial charge in [0.1, 0.15) is 12.4 Å². The second-order valence-electron chi connectivity index (χ2n) is 7.22. The fourth-order valence-corrected chi connectivity index (χ4v) is 3.99. The van der Waals surface area contributed by atoms with E-state index in [0.29, 0.717) is 18.0 Å². The highest BCUT2D eigenvalue weighted by Crippen LogP contribution is 2.18. The maximum Gasteiger partial charge on any atom is 0.264 e. The van der Waals surface area contributed by atoms with E-state index in [4.69, 9.17) is 4.74 Å². The average molecular weight is 476 g/mol. The van der Waals surface area contributed by atoms with E-state index in [1.807, 2.05) is 36.4 Å². The molecule has 0 fully saturated rings. The molecule has 0 saturated heterocycles. The van der Waals surface area contributed by atoms with E-state index >= 15 is 0 Å². The van der Waals surface area contributed by atoms with Gasteiger partial charge in [0, 0.05) is 36.0 Å². The van der Waals surface area contributed by atoms with E-state index in [1.54, 1.807) is 18.5 Å². The number of ether oxygens (including phenoxy) is 1. The summed E-state index contributed by atoms with van der Waals surface area (Å²) in [6.45, 7) is 0.379. The highest BCUT2D eigenvalue weighted by Gasteiger charge is 2.15. The van der Waals surface area contributed by atoms with Gasteiger partial charge < -0.3 is 10.1 Å². The number of hydrogen-bond acceptors (Lipinski definition) is 7. The van der Waals surface area contributed by atoms with Gasteiger partial charge in [-0.3, -0.25) is 9.78 Å². The monoisotopic (exact) mass is 475 g/mol. The van der Waals surface area contributed by atoms with Crippen LogP contribution in [-0.2, 0) is 27.8 Å². The standard InChI is InChI=1S/C24H21N5O4S/c30-23(15-18-4-1-6-21(14-18)33-17-19-5-2-11-25-16-19)28-20-7-9-22(10-8-20)34(31,32)29-24-26-12-3-13-27-24/h1-14,16H,15,17H2,(H,28,30)(H,26,27,29). The van der Waals surface area contributed by atoms with Crippen LogP contribution in [0.3, 0.4) is 0 Å². The number of rotatable bonds is 9. The third-order valence-corrected chi connectivity index (χ3v) is 5.98. The van der Waals surface area contributed by atoms with Crippen LogP contribution in [0.15, 0.2) is 96.4 Å². The fraction of sp³-hybridized carbons (Fsp3) is 0.0833. The highest BCUT2D eigenvalue weighted by atomic mass is 32.2. The first-order valence-corrected chi connectivity index (χ1v) is 11.8. The van der Waals surface area contributed by atoms with Crippen LogP contribution in [0.5, 0.6) is 5.75 Å². The number of aromatic nitrogens is 3. The van der Waals surface area contributed by atoms with Gasteiger partial charge in [-0.25, -0.2) is 23.1 Å². The van der Waals surface area contributed by atoms with Crippen molar-refractivity contribution in [3.05, 3.63) is 103 Å². The number of nitrogens with one attached hydrogen (secondary N) is 2. The predicted octanol–water partition coefficient (Wildman–Crippen LogP) is 3.43. The van der Waals surface area contributed by atoms with Gasteiger partial charge in [-0.15, -0.1) is 0 Å². The second kappa shape index (κ2) is 10.5. The van der Waals surface area contributed by atoms with Crippen molar-refractivity contribution in [1.29, 1.82) is 0 Å². The third kappa shape index (κ3) is 6.36. The SMILES string of the molecule is O=C(Cc1cccc(OCc2cccnc2)c1)Nc1ccc(S(=O)(=O)Nc2ncccn2)cc1. The van der Waals surface area contributed by atoms with Crippen molar-refractivity contribution in [1.82, 2.24) is 15.0 Å². The minimum atomic E-state index is -3.84. The van der Waals surface area contributed by atoms with Crippen molar-refractivity contribution < 1.29 is 17.9 Å². The normalized spacial score (nSPS) is 10.9. The molecule has 2 aromatic carbocycles. The summed E-state index contributed by atoms with van der Waals surface area (Å²) in [7, 11) is -3.84. The van der Waals surface area contributed by atoms with Gasteiger partial charge >= 0.3 is 0 Å². The Kier molecular flexibility index (Phi) is 7.09. The summed E-state index contributed by atoms with van der Waals surface area (Å²) in [6, 6.07) is 18.5. The van der Waals surface area contributed by atoms with Crippen LogP contribution in [-0.4, -0.2) is 29.3 Å². The number of nitrogens with zero attached hydrogens (tertiary/aromatic N) is 3. The molecular formula is C24H21N5O4S. The topological polar surface area (TPSA) is 123 Å². The molecule has 0 spiro atoms. The first kappa shape index (κ1) is 22.9. The molecule has 4 rings (SSSR count). The number of pyridine rings is 1. The molecule has 2 heterocycles. The van der Waals surface area contributed by atoms with Gasteiger partial charge in [0.15, 0.2) is 0 Å². The molecule has 0 aliphatic heterocycles. The summed E-state index contributed by atoms with van der Waals surface area (Å²) in [6.07, 6.45) is 6.44. The number of carbonyl (C=O) groups excluding carboxylic acids is 1. The molecule has 34 heavy (non-hydrogen) atoms. The first-order valence-electron chi connectivity index (χ1n) is 10.3. The van der Waals surface area contributed by atoms with E-state index in [9.17, 15) is 13.2 Å². The van der Waals surface area contributed by atoms with Crippen LogP contribution in [0.1, 0.15) is 11.1 Å². The Morgan fingerprint density at radius 1 is 0.882 bits per heavy atom. The Labute approximate surface area is 196 Å². The molecule has 10 heteroatoms. The number of sulfonamides is 1. The number of anilines is 2. The summed E-state index contributed by atoms with van der Waals surface area (Å²) in [5.41, 5.74) is 2.21. The van der Waals surface area contributed by atoms with E-state index in [1.165, 1.54) is 36.7 Å². The molecule has 9 nitrogen and oxygen atoms in total. The molecule has 0 radical (unpaired) electrons. The number of amides is 1. The fourth-order valence-electron chi connectivity index (χ4n) is 3.03. The zero-order valence-electron chi connectivity index (χ0n) is 18.0. The Balaban J connectivity index is 1.33. The Hall–Kier alpha value is -4.31. The van der Waals surface area contributed by atoms with Crippen molar-refractivity contribution in [3.63, 3.8) is 0 Å². The summed E-state index contributed by atoms with van der Waals surface area (Å²) < 4.78 is 33.0. The Morgan fingerprint density at radius 3 is 2.38 bits per heavy atom. The molecule has 2 N–H and O–H groups in total. The maximum absolute atomic E-state index is 12.5. The van der Waals surface area contributed by atoms with Crippen LogP contribution in [0.25, 0.3) is 0 Å². The summed E-state index contributed by atoms with van der Waals surface area (Å²) in [4.78, 5) is 24.3. The van der Waals surface area contributed by atoms with Crippen molar-refractivity contribution in [2.24, 2.45) is 0 Å². The minimum Gasteiger partial charge on any atom is -0.489 e. The van der Waals surface area contributed by atoms with Crippen molar-refractivity contribution >= 4 is 27.6 Å². The first-order chi connectivity index (χ1) is 16.5. The Bertz CT molecular complexity index is 1350. The van der Waals surface area contributed by atoms with Crippen LogP contribution in [0, 0.1) is 0 Å². The average Bonchev–Trinajstić information content (AvgIpc) is 2.84. The van der Waals surface area contributed by atoms with Crippen LogP contribution < -0.4 is 14.8 Å². The summed E-state index contributed by atoms with van der Waals surface area (Å²) >= 11 is 0. The lowest BCUT2D eigenvalue weighted by atomic mass is 10.1. The van der Waals surface area contributed by atoms with Gasteiger partial charge in [-0.2, -0.15) is 0 Å². The zero-order chi connectivity index (χ0) is 23.8. The van der Waals surface area contributed by atoms with E-state index in [0.717, 1.165) is 11.1 Å². The van der Waals surface area contributed by atoms with Crippen molar-refractivity contribution in [3.8, 4) is 5.75 Å². The smallest absolute Gasteiger partial charge is 0.264 e. The predicted molar refractivity (Wildman–Crippen MR) is 127 cm³/mol. The van der Waals surface area contributed by atoms with Gasteiger partial charge in [-0.1, -0.05) is 18.2 Å². The molecule has 0 atom stereocenters. The molecule has 0 bridgehead atoms. The molecular weight excluding hydrogens is 454 g/mol. The van der Waals surface area contributed by atoms with E-state index in [2.05, 4.69) is 25.0 Å². The lowest BCUT2D eigenvalue weighted by Crippen LogP contribution is -2.16. The molecule has 0 saturated carbocycles. The van der Waals surface area contributed by atoms with Gasteiger partial charge in [-0.05, 0) is 54.1 Å². The zero-order valence-corrected chi connectivity index (χ0v) is 18.8. The van der Waals surface area contributed by atoms with Gasteiger partial charge in [0.05, 0.1) is 11.3 Å².